The Labute approximate surface area is 132 Å². The molecule has 0 aliphatic heterocycles. The van der Waals surface area contributed by atoms with Crippen molar-refractivity contribution in [1.29, 1.82) is 5.41 Å². The second-order valence-electron chi connectivity index (χ2n) is 5.27. The molecule has 0 spiro atoms. The fourth-order valence-electron chi connectivity index (χ4n) is 1.73. The van der Waals surface area contributed by atoms with Gasteiger partial charge < -0.3 is 26.0 Å². The quantitative estimate of drug-likeness (QED) is 0.281. The Balaban J connectivity index is 2.26. The Morgan fingerprint density at radius 1 is 1.32 bits per heavy atom. The van der Waals surface area contributed by atoms with Crippen molar-refractivity contribution in [2.45, 2.75) is 32.4 Å². The van der Waals surface area contributed by atoms with Crippen LogP contribution in [0.4, 0.5) is 0 Å². The third kappa shape index (κ3) is 8.39. The minimum absolute atomic E-state index is 0.277. The van der Waals surface area contributed by atoms with Crippen molar-refractivity contribution >= 4 is 12.4 Å². The van der Waals surface area contributed by atoms with Gasteiger partial charge in [-0.25, -0.2) is 0 Å². The highest BCUT2D eigenvalue weighted by molar-refractivity contribution is 6.14. The number of benzene rings is 1. The third-order valence-corrected chi connectivity index (χ3v) is 2.89. The van der Waals surface area contributed by atoms with Crippen LogP contribution in [-0.4, -0.2) is 49.4 Å². The second-order valence-corrected chi connectivity index (χ2v) is 5.27. The molecule has 0 saturated heterocycles. The van der Waals surface area contributed by atoms with E-state index in [9.17, 15) is 5.11 Å². The summed E-state index contributed by atoms with van der Waals surface area (Å²) in [5.41, 5.74) is 4.03. The van der Waals surface area contributed by atoms with E-state index < -0.39 is 6.10 Å². The summed E-state index contributed by atoms with van der Waals surface area (Å²) in [6.45, 7) is 5.59. The van der Waals surface area contributed by atoms with Crippen molar-refractivity contribution < 1.29 is 9.84 Å². The second kappa shape index (κ2) is 10.8. The molecule has 0 aliphatic rings. The van der Waals surface area contributed by atoms with E-state index in [0.29, 0.717) is 19.1 Å². The molecular formula is C16H26N4O2. The molecular weight excluding hydrogens is 280 g/mol. The number of rotatable bonds is 11. The van der Waals surface area contributed by atoms with Crippen molar-refractivity contribution in [3.63, 3.8) is 0 Å². The first-order valence-electron chi connectivity index (χ1n) is 7.50. The summed E-state index contributed by atoms with van der Waals surface area (Å²) in [4.78, 5) is 0. The number of ether oxygens (including phenoxy) is 1. The van der Waals surface area contributed by atoms with Crippen LogP contribution in [0.3, 0.4) is 0 Å². The summed E-state index contributed by atoms with van der Waals surface area (Å²) >= 11 is 0. The molecule has 0 heterocycles. The molecule has 6 nitrogen and oxygen atoms in total. The Hall–Kier alpha value is -1.92. The van der Waals surface area contributed by atoms with E-state index in [-0.39, 0.29) is 6.61 Å². The maximum Gasteiger partial charge on any atom is 0.119 e. The Kier molecular flexibility index (Phi) is 8.86. The molecule has 6 heteroatoms. The number of nitrogens with zero attached hydrogens (tertiary/aromatic N) is 1. The topological polar surface area (TPSA) is 89.7 Å². The lowest BCUT2D eigenvalue weighted by atomic mass is 10.1. The summed E-state index contributed by atoms with van der Waals surface area (Å²) < 4.78 is 5.56. The fraction of sp³-hybridized carbons (Fsp3) is 0.500. The average molecular weight is 306 g/mol. The molecule has 122 valence electrons. The normalized spacial score (nSPS) is 12.5. The van der Waals surface area contributed by atoms with Gasteiger partial charge in [0.1, 0.15) is 18.5 Å². The van der Waals surface area contributed by atoms with Crippen molar-refractivity contribution in [3.8, 4) is 5.75 Å². The summed E-state index contributed by atoms with van der Waals surface area (Å²) in [7, 11) is 0. The van der Waals surface area contributed by atoms with Crippen LogP contribution in [0.25, 0.3) is 0 Å². The van der Waals surface area contributed by atoms with Gasteiger partial charge in [-0.05, 0) is 24.1 Å². The molecule has 1 aromatic carbocycles. The highest BCUT2D eigenvalue weighted by Gasteiger charge is 2.05. The molecule has 0 fully saturated rings. The van der Waals surface area contributed by atoms with Crippen molar-refractivity contribution in [2.24, 2.45) is 5.10 Å². The SMILES string of the molecule is CC(C)NCC(O)COc1ccc(CCN/N=C\C=N)cc1. The summed E-state index contributed by atoms with van der Waals surface area (Å²) in [5.74, 6) is 0.752. The predicted molar refractivity (Wildman–Crippen MR) is 90.1 cm³/mol. The summed E-state index contributed by atoms with van der Waals surface area (Å²) in [6, 6.07) is 8.15. The van der Waals surface area contributed by atoms with Gasteiger partial charge in [0.25, 0.3) is 0 Å². The van der Waals surface area contributed by atoms with Crippen LogP contribution >= 0.6 is 0 Å². The van der Waals surface area contributed by atoms with Gasteiger partial charge in [0.2, 0.25) is 0 Å². The predicted octanol–water partition coefficient (Wildman–Crippen LogP) is 1.19. The maximum absolute atomic E-state index is 9.78. The van der Waals surface area contributed by atoms with Crippen LogP contribution in [0.15, 0.2) is 29.4 Å². The smallest absolute Gasteiger partial charge is 0.119 e. The lowest BCUT2D eigenvalue weighted by Gasteiger charge is -2.15. The van der Waals surface area contributed by atoms with Gasteiger partial charge in [0.15, 0.2) is 0 Å². The van der Waals surface area contributed by atoms with Gasteiger partial charge in [-0.3, -0.25) is 0 Å². The van der Waals surface area contributed by atoms with E-state index in [1.54, 1.807) is 0 Å². The molecule has 0 aromatic heterocycles. The Morgan fingerprint density at radius 2 is 2.05 bits per heavy atom. The average Bonchev–Trinajstić information content (AvgIpc) is 2.52. The molecule has 4 N–H and O–H groups in total. The van der Waals surface area contributed by atoms with Gasteiger partial charge in [0, 0.05) is 25.3 Å². The van der Waals surface area contributed by atoms with Gasteiger partial charge >= 0.3 is 0 Å². The Bertz CT molecular complexity index is 446. The van der Waals surface area contributed by atoms with Gasteiger partial charge in [-0.1, -0.05) is 26.0 Å². The zero-order valence-corrected chi connectivity index (χ0v) is 13.2. The fourth-order valence-corrected chi connectivity index (χ4v) is 1.73. The molecule has 1 rings (SSSR count). The highest BCUT2D eigenvalue weighted by Crippen LogP contribution is 2.12. The van der Waals surface area contributed by atoms with E-state index in [1.807, 2.05) is 38.1 Å². The molecule has 0 radical (unpaired) electrons. The molecule has 0 aliphatic carbocycles. The van der Waals surface area contributed by atoms with Crippen LogP contribution < -0.4 is 15.5 Å². The lowest BCUT2D eigenvalue weighted by Crippen LogP contribution is -2.35. The number of nitrogens with one attached hydrogen (secondary N) is 3. The molecule has 1 aromatic rings. The molecule has 0 saturated carbocycles. The number of hydrazone groups is 1. The zero-order chi connectivity index (χ0) is 16.2. The van der Waals surface area contributed by atoms with E-state index in [0.717, 1.165) is 18.4 Å². The van der Waals surface area contributed by atoms with Crippen LogP contribution in [0, 0.1) is 5.41 Å². The van der Waals surface area contributed by atoms with Crippen molar-refractivity contribution in [3.05, 3.63) is 29.8 Å². The van der Waals surface area contributed by atoms with Gasteiger partial charge in [0.05, 0.1) is 6.21 Å². The number of aliphatic hydroxyl groups is 1. The molecule has 0 bridgehead atoms. The van der Waals surface area contributed by atoms with E-state index >= 15 is 0 Å². The monoisotopic (exact) mass is 306 g/mol. The minimum Gasteiger partial charge on any atom is -0.491 e. The maximum atomic E-state index is 9.78. The standard InChI is InChI=1S/C16H26N4O2/c1-13(2)18-11-15(21)12-22-16-5-3-14(4-6-16)7-9-19-20-10-8-17/h3-6,8,10,13,15,17-19,21H,7,9,11-12H2,1-2H3/b17-8?,20-10-. The number of hydrogen-bond acceptors (Lipinski definition) is 6. The largest absolute Gasteiger partial charge is 0.491 e. The third-order valence-electron chi connectivity index (χ3n) is 2.89. The highest BCUT2D eigenvalue weighted by atomic mass is 16.5. The first-order chi connectivity index (χ1) is 10.6. The van der Waals surface area contributed by atoms with Crippen LogP contribution in [0.1, 0.15) is 19.4 Å². The first-order valence-corrected chi connectivity index (χ1v) is 7.50. The van der Waals surface area contributed by atoms with Crippen molar-refractivity contribution in [2.75, 3.05) is 19.7 Å². The number of hydrogen-bond donors (Lipinski definition) is 4. The summed E-state index contributed by atoms with van der Waals surface area (Å²) in [6.07, 6.45) is 2.86. The summed E-state index contributed by atoms with van der Waals surface area (Å²) in [5, 5.41) is 23.6. The van der Waals surface area contributed by atoms with Gasteiger partial charge in [-0.2, -0.15) is 5.10 Å². The van der Waals surface area contributed by atoms with Crippen LogP contribution in [0.5, 0.6) is 5.75 Å². The first kappa shape index (κ1) is 18.1. The molecule has 0 amide bonds. The molecule has 22 heavy (non-hydrogen) atoms. The number of aliphatic hydroxyl groups excluding tert-OH is 1. The molecule has 1 unspecified atom stereocenters. The van der Waals surface area contributed by atoms with Crippen LogP contribution in [-0.2, 0) is 6.42 Å². The van der Waals surface area contributed by atoms with E-state index in [1.165, 1.54) is 11.8 Å². The minimum atomic E-state index is -0.516. The Morgan fingerprint density at radius 3 is 2.68 bits per heavy atom. The van der Waals surface area contributed by atoms with Crippen molar-refractivity contribution in [1.82, 2.24) is 10.7 Å². The lowest BCUT2D eigenvalue weighted by molar-refractivity contribution is 0.104. The van der Waals surface area contributed by atoms with E-state index in [4.69, 9.17) is 10.1 Å². The van der Waals surface area contributed by atoms with E-state index in [2.05, 4.69) is 15.8 Å². The van der Waals surface area contributed by atoms with Gasteiger partial charge in [-0.15, -0.1) is 0 Å². The molecule has 1 atom stereocenters. The van der Waals surface area contributed by atoms with Crippen LogP contribution in [0.2, 0.25) is 0 Å². The zero-order valence-electron chi connectivity index (χ0n) is 13.2.